The standard InChI is InChI=1S/C10H14ClNO2/c1-10(13,6-12)7-3-4-8(11)9(5-7)14-2/h3-5,13H,6,12H2,1-2H3. The molecule has 0 radical (unpaired) electrons. The third-order valence-electron chi connectivity index (χ3n) is 2.17. The molecule has 1 rings (SSSR count). The molecule has 0 aromatic heterocycles. The van der Waals surface area contributed by atoms with E-state index in [1.807, 2.05) is 0 Å². The van der Waals surface area contributed by atoms with Crippen LogP contribution in [0.4, 0.5) is 0 Å². The average Bonchev–Trinajstić information content (AvgIpc) is 2.18. The molecule has 0 aliphatic heterocycles. The topological polar surface area (TPSA) is 55.5 Å². The van der Waals surface area contributed by atoms with Crippen molar-refractivity contribution in [1.29, 1.82) is 0 Å². The molecule has 1 aromatic rings. The van der Waals surface area contributed by atoms with Crippen LogP contribution in [0.5, 0.6) is 5.75 Å². The van der Waals surface area contributed by atoms with Gasteiger partial charge in [0.1, 0.15) is 5.75 Å². The maximum Gasteiger partial charge on any atom is 0.137 e. The van der Waals surface area contributed by atoms with Crippen LogP contribution in [0.1, 0.15) is 12.5 Å². The van der Waals surface area contributed by atoms with Crippen molar-refractivity contribution in [3.8, 4) is 5.75 Å². The fourth-order valence-electron chi connectivity index (χ4n) is 1.11. The number of methoxy groups -OCH3 is 1. The van der Waals surface area contributed by atoms with Gasteiger partial charge in [-0.25, -0.2) is 0 Å². The van der Waals surface area contributed by atoms with Crippen LogP contribution in [0, 0.1) is 0 Å². The molecule has 0 saturated carbocycles. The summed E-state index contributed by atoms with van der Waals surface area (Å²) in [5, 5.41) is 10.4. The molecule has 1 unspecified atom stereocenters. The Morgan fingerprint density at radius 1 is 1.57 bits per heavy atom. The molecule has 3 nitrogen and oxygen atoms in total. The summed E-state index contributed by atoms with van der Waals surface area (Å²) in [6.45, 7) is 1.80. The van der Waals surface area contributed by atoms with Gasteiger partial charge < -0.3 is 15.6 Å². The van der Waals surface area contributed by atoms with Gasteiger partial charge in [-0.05, 0) is 24.6 Å². The summed E-state index contributed by atoms with van der Waals surface area (Å²) in [6.07, 6.45) is 0. The molecule has 0 bridgehead atoms. The Morgan fingerprint density at radius 2 is 2.21 bits per heavy atom. The molecule has 0 heterocycles. The first kappa shape index (κ1) is 11.3. The molecule has 0 spiro atoms. The lowest BCUT2D eigenvalue weighted by atomic mass is 9.96. The Balaban J connectivity index is 3.12. The van der Waals surface area contributed by atoms with E-state index in [-0.39, 0.29) is 6.54 Å². The molecule has 0 fully saturated rings. The van der Waals surface area contributed by atoms with Crippen LogP contribution >= 0.6 is 11.6 Å². The molecular weight excluding hydrogens is 202 g/mol. The van der Waals surface area contributed by atoms with Gasteiger partial charge in [-0.1, -0.05) is 17.7 Å². The fraction of sp³-hybridized carbons (Fsp3) is 0.400. The SMILES string of the molecule is COc1cc(C(C)(O)CN)ccc1Cl. The monoisotopic (exact) mass is 215 g/mol. The number of rotatable bonds is 3. The number of benzene rings is 1. The molecule has 0 aliphatic carbocycles. The van der Waals surface area contributed by atoms with Crippen molar-refractivity contribution in [2.75, 3.05) is 13.7 Å². The maximum atomic E-state index is 9.88. The maximum absolute atomic E-state index is 9.88. The minimum atomic E-state index is -1.04. The van der Waals surface area contributed by atoms with E-state index >= 15 is 0 Å². The molecule has 0 aliphatic rings. The summed E-state index contributed by atoms with van der Waals surface area (Å²) in [5.41, 5.74) is 5.10. The van der Waals surface area contributed by atoms with Crippen LogP contribution in [0.3, 0.4) is 0 Å². The van der Waals surface area contributed by atoms with Crippen molar-refractivity contribution in [2.45, 2.75) is 12.5 Å². The van der Waals surface area contributed by atoms with Gasteiger partial charge in [-0.15, -0.1) is 0 Å². The molecule has 1 atom stereocenters. The lowest BCUT2D eigenvalue weighted by molar-refractivity contribution is 0.0666. The van der Waals surface area contributed by atoms with Gasteiger partial charge in [0.25, 0.3) is 0 Å². The first-order chi connectivity index (χ1) is 6.51. The molecule has 4 heteroatoms. The first-order valence-electron chi connectivity index (χ1n) is 4.27. The van der Waals surface area contributed by atoms with Crippen molar-refractivity contribution < 1.29 is 9.84 Å². The van der Waals surface area contributed by atoms with E-state index in [9.17, 15) is 5.11 Å². The van der Waals surface area contributed by atoms with Gasteiger partial charge >= 0.3 is 0 Å². The summed E-state index contributed by atoms with van der Waals surface area (Å²) < 4.78 is 5.04. The summed E-state index contributed by atoms with van der Waals surface area (Å²) in [4.78, 5) is 0. The Hall–Kier alpha value is -0.770. The second kappa shape index (κ2) is 4.17. The second-order valence-corrected chi connectivity index (χ2v) is 3.73. The van der Waals surface area contributed by atoms with Gasteiger partial charge in [0.05, 0.1) is 17.7 Å². The van der Waals surface area contributed by atoms with E-state index < -0.39 is 5.60 Å². The largest absolute Gasteiger partial charge is 0.495 e. The zero-order valence-electron chi connectivity index (χ0n) is 8.25. The molecule has 14 heavy (non-hydrogen) atoms. The number of aliphatic hydroxyl groups is 1. The van der Waals surface area contributed by atoms with Crippen molar-refractivity contribution in [3.05, 3.63) is 28.8 Å². The van der Waals surface area contributed by atoms with Crippen LogP contribution in [0.2, 0.25) is 5.02 Å². The average molecular weight is 216 g/mol. The summed E-state index contributed by atoms with van der Waals surface area (Å²) >= 11 is 5.85. The van der Waals surface area contributed by atoms with E-state index in [1.165, 1.54) is 7.11 Å². The predicted octanol–water partition coefficient (Wildman–Crippen LogP) is 1.51. The van der Waals surface area contributed by atoms with E-state index in [0.29, 0.717) is 16.3 Å². The van der Waals surface area contributed by atoms with Gasteiger partial charge in [-0.3, -0.25) is 0 Å². The summed E-state index contributed by atoms with van der Waals surface area (Å²) in [7, 11) is 1.53. The van der Waals surface area contributed by atoms with Gasteiger partial charge in [-0.2, -0.15) is 0 Å². The fourth-order valence-corrected chi connectivity index (χ4v) is 1.31. The number of halogens is 1. The number of hydrogen-bond donors (Lipinski definition) is 2. The molecule has 1 aromatic carbocycles. The van der Waals surface area contributed by atoms with Crippen LogP contribution in [-0.4, -0.2) is 18.8 Å². The van der Waals surface area contributed by atoms with Gasteiger partial charge in [0, 0.05) is 6.54 Å². The highest BCUT2D eigenvalue weighted by Gasteiger charge is 2.21. The van der Waals surface area contributed by atoms with Crippen LogP contribution < -0.4 is 10.5 Å². The lowest BCUT2D eigenvalue weighted by Crippen LogP contribution is -2.31. The Morgan fingerprint density at radius 3 is 2.71 bits per heavy atom. The van der Waals surface area contributed by atoms with Crippen LogP contribution in [-0.2, 0) is 5.60 Å². The minimum absolute atomic E-state index is 0.151. The summed E-state index contributed by atoms with van der Waals surface area (Å²) in [6, 6.07) is 5.10. The highest BCUT2D eigenvalue weighted by atomic mass is 35.5. The second-order valence-electron chi connectivity index (χ2n) is 3.33. The molecule has 0 saturated heterocycles. The van der Waals surface area contributed by atoms with E-state index in [2.05, 4.69) is 0 Å². The third kappa shape index (κ3) is 2.18. The Labute approximate surface area is 88.4 Å². The van der Waals surface area contributed by atoms with E-state index in [0.717, 1.165) is 0 Å². The zero-order chi connectivity index (χ0) is 10.8. The number of ether oxygens (including phenoxy) is 1. The normalized spacial score (nSPS) is 14.9. The van der Waals surface area contributed by atoms with Crippen molar-refractivity contribution in [3.63, 3.8) is 0 Å². The quantitative estimate of drug-likeness (QED) is 0.804. The predicted molar refractivity (Wildman–Crippen MR) is 56.6 cm³/mol. The highest BCUT2D eigenvalue weighted by Crippen LogP contribution is 2.29. The molecular formula is C10H14ClNO2. The number of nitrogens with two attached hydrogens (primary N) is 1. The van der Waals surface area contributed by atoms with Crippen molar-refractivity contribution in [2.24, 2.45) is 5.73 Å². The summed E-state index contributed by atoms with van der Waals surface area (Å²) in [5.74, 6) is 0.540. The minimum Gasteiger partial charge on any atom is -0.495 e. The zero-order valence-corrected chi connectivity index (χ0v) is 9.01. The third-order valence-corrected chi connectivity index (χ3v) is 2.48. The van der Waals surface area contributed by atoms with E-state index in [4.69, 9.17) is 22.1 Å². The smallest absolute Gasteiger partial charge is 0.137 e. The molecule has 0 amide bonds. The first-order valence-corrected chi connectivity index (χ1v) is 4.65. The number of hydrogen-bond acceptors (Lipinski definition) is 3. The highest BCUT2D eigenvalue weighted by molar-refractivity contribution is 6.32. The molecule has 78 valence electrons. The Bertz CT molecular complexity index is 326. The van der Waals surface area contributed by atoms with E-state index in [1.54, 1.807) is 25.1 Å². The van der Waals surface area contributed by atoms with Gasteiger partial charge in [0.2, 0.25) is 0 Å². The lowest BCUT2D eigenvalue weighted by Gasteiger charge is -2.22. The van der Waals surface area contributed by atoms with Gasteiger partial charge in [0.15, 0.2) is 0 Å². The van der Waals surface area contributed by atoms with Crippen LogP contribution in [0.25, 0.3) is 0 Å². The molecule has 3 N–H and O–H groups in total. The van der Waals surface area contributed by atoms with Crippen molar-refractivity contribution in [1.82, 2.24) is 0 Å². The van der Waals surface area contributed by atoms with Crippen molar-refractivity contribution >= 4 is 11.6 Å². The Kier molecular flexibility index (Phi) is 3.37. The van der Waals surface area contributed by atoms with Crippen LogP contribution in [0.15, 0.2) is 18.2 Å².